The molecular weight excluding hydrogens is 506 g/mol. The molecule has 1 aliphatic heterocycles. The molecule has 4 aromatic rings. The summed E-state index contributed by atoms with van der Waals surface area (Å²) >= 11 is 0. The lowest BCUT2D eigenvalue weighted by Crippen LogP contribution is -2.49. The van der Waals surface area contributed by atoms with Crippen molar-refractivity contribution < 1.29 is 14.3 Å². The molecule has 206 valence electrons. The number of hydrogen-bond acceptors (Lipinski definition) is 7. The number of carbonyl (C=O) groups is 1. The molecule has 2 heterocycles. The maximum absolute atomic E-state index is 12.8. The Labute approximate surface area is 233 Å². The van der Waals surface area contributed by atoms with Crippen molar-refractivity contribution in [3.63, 3.8) is 0 Å². The number of benzene rings is 3. The van der Waals surface area contributed by atoms with Gasteiger partial charge in [-0.05, 0) is 60.5 Å². The molecule has 5 rings (SSSR count). The summed E-state index contributed by atoms with van der Waals surface area (Å²) in [5.41, 5.74) is 4.09. The summed E-state index contributed by atoms with van der Waals surface area (Å²) in [5.74, 6) is 1.87. The molecule has 1 aliphatic rings. The second-order valence-electron chi connectivity index (χ2n) is 9.77. The van der Waals surface area contributed by atoms with Crippen molar-refractivity contribution in [1.29, 1.82) is 0 Å². The minimum absolute atomic E-state index is 0.0271. The van der Waals surface area contributed by atoms with Gasteiger partial charge in [-0.3, -0.25) is 9.59 Å². The Morgan fingerprint density at radius 1 is 0.925 bits per heavy atom. The quantitative estimate of drug-likeness (QED) is 0.343. The van der Waals surface area contributed by atoms with Crippen molar-refractivity contribution >= 4 is 11.6 Å². The van der Waals surface area contributed by atoms with Crippen molar-refractivity contribution in [2.24, 2.45) is 0 Å². The lowest BCUT2D eigenvalue weighted by Gasteiger charge is -2.36. The average molecular weight is 540 g/mol. The summed E-state index contributed by atoms with van der Waals surface area (Å²) in [4.78, 5) is 32.5. The number of hydrogen-bond donors (Lipinski definition) is 1. The predicted octanol–water partition coefficient (Wildman–Crippen LogP) is 4.01. The van der Waals surface area contributed by atoms with Crippen LogP contribution in [0.15, 0.2) is 77.6 Å². The topological polar surface area (TPSA) is 101 Å². The standard InChI is InChI=1S/C31H33N5O4/c1-22-6-3-4-9-28(22)35-16-18-36(19-17-35)29(37)15-14-27-31(38)32-30(34-33-27)24-10-12-25(13-11-24)40-21-23-7-5-8-26(20-23)39-2/h3-13,20H,14-19,21H2,1-2H3,(H,32,34,38). The van der Waals surface area contributed by atoms with Crippen molar-refractivity contribution in [3.8, 4) is 22.9 Å². The van der Waals surface area contributed by atoms with Crippen LogP contribution in [0, 0.1) is 6.92 Å². The third-order valence-corrected chi connectivity index (χ3v) is 7.10. The van der Waals surface area contributed by atoms with Crippen LogP contribution in [0.2, 0.25) is 0 Å². The van der Waals surface area contributed by atoms with Gasteiger partial charge in [0.1, 0.15) is 23.8 Å². The van der Waals surface area contributed by atoms with E-state index in [4.69, 9.17) is 9.47 Å². The van der Waals surface area contributed by atoms with Gasteiger partial charge in [0.05, 0.1) is 7.11 Å². The molecule has 0 saturated carbocycles. The largest absolute Gasteiger partial charge is 0.497 e. The molecule has 0 radical (unpaired) electrons. The van der Waals surface area contributed by atoms with Crippen LogP contribution < -0.4 is 19.9 Å². The van der Waals surface area contributed by atoms with E-state index in [9.17, 15) is 9.59 Å². The SMILES string of the molecule is COc1cccc(COc2ccc(-c3nnc(CCC(=O)N4CCN(c5ccccc5C)CC4)c(=O)[nH]3)cc2)c1. The van der Waals surface area contributed by atoms with E-state index in [0.29, 0.717) is 36.8 Å². The van der Waals surface area contributed by atoms with E-state index in [2.05, 4.69) is 39.1 Å². The normalized spacial score (nSPS) is 13.2. The number of amides is 1. The first-order chi connectivity index (χ1) is 19.5. The Kier molecular flexibility index (Phi) is 8.39. The van der Waals surface area contributed by atoms with E-state index >= 15 is 0 Å². The highest BCUT2D eigenvalue weighted by Gasteiger charge is 2.22. The van der Waals surface area contributed by atoms with Crippen LogP contribution in [0.4, 0.5) is 5.69 Å². The number of carbonyl (C=O) groups excluding carboxylic acids is 1. The number of nitrogens with one attached hydrogen (secondary N) is 1. The number of rotatable bonds is 9. The van der Waals surface area contributed by atoms with Gasteiger partial charge in [0.25, 0.3) is 5.56 Å². The summed E-state index contributed by atoms with van der Waals surface area (Å²) in [6.45, 7) is 5.40. The van der Waals surface area contributed by atoms with Gasteiger partial charge < -0.3 is 24.3 Å². The first kappa shape index (κ1) is 26.9. The molecule has 9 heteroatoms. The first-order valence-corrected chi connectivity index (χ1v) is 13.4. The van der Waals surface area contributed by atoms with E-state index in [1.54, 1.807) is 7.11 Å². The van der Waals surface area contributed by atoms with Gasteiger partial charge >= 0.3 is 0 Å². The number of H-pyrrole nitrogens is 1. The summed E-state index contributed by atoms with van der Waals surface area (Å²) in [5, 5.41) is 8.33. The van der Waals surface area contributed by atoms with Crippen LogP contribution in [0.25, 0.3) is 11.4 Å². The highest BCUT2D eigenvalue weighted by atomic mass is 16.5. The number of aromatic nitrogens is 3. The average Bonchev–Trinajstić information content (AvgIpc) is 3.00. The smallest absolute Gasteiger partial charge is 0.273 e. The van der Waals surface area contributed by atoms with Crippen molar-refractivity contribution in [3.05, 3.63) is 100.0 Å². The van der Waals surface area contributed by atoms with E-state index in [-0.39, 0.29) is 30.0 Å². The summed E-state index contributed by atoms with van der Waals surface area (Å²) < 4.78 is 11.1. The Hall–Kier alpha value is -4.66. The van der Waals surface area contributed by atoms with Gasteiger partial charge in [0.15, 0.2) is 5.82 Å². The van der Waals surface area contributed by atoms with Crippen LogP contribution in [0.5, 0.6) is 11.5 Å². The Morgan fingerprint density at radius 2 is 1.70 bits per heavy atom. The number of nitrogens with zero attached hydrogens (tertiary/aromatic N) is 4. The number of methoxy groups -OCH3 is 1. The molecule has 3 aromatic carbocycles. The molecule has 40 heavy (non-hydrogen) atoms. The van der Waals surface area contributed by atoms with E-state index in [1.165, 1.54) is 11.3 Å². The third kappa shape index (κ3) is 6.48. The van der Waals surface area contributed by atoms with Crippen LogP contribution in [0.3, 0.4) is 0 Å². The summed E-state index contributed by atoms with van der Waals surface area (Å²) in [6, 6.07) is 23.3. The molecule has 0 unspecified atom stereocenters. The summed E-state index contributed by atoms with van der Waals surface area (Å²) in [6.07, 6.45) is 0.470. The van der Waals surface area contributed by atoms with Gasteiger partial charge in [-0.2, -0.15) is 0 Å². The van der Waals surface area contributed by atoms with Crippen molar-refractivity contribution in [2.75, 3.05) is 38.2 Å². The highest BCUT2D eigenvalue weighted by molar-refractivity contribution is 5.76. The number of para-hydroxylation sites is 1. The molecule has 0 bridgehead atoms. The molecule has 1 saturated heterocycles. The highest BCUT2D eigenvalue weighted by Crippen LogP contribution is 2.22. The predicted molar refractivity (Wildman–Crippen MR) is 154 cm³/mol. The van der Waals surface area contributed by atoms with Crippen LogP contribution in [0.1, 0.15) is 23.2 Å². The fraction of sp³-hybridized carbons (Fsp3) is 0.290. The lowest BCUT2D eigenvalue weighted by molar-refractivity contribution is -0.131. The lowest BCUT2D eigenvalue weighted by atomic mass is 10.1. The van der Waals surface area contributed by atoms with E-state index in [0.717, 1.165) is 24.4 Å². The number of ether oxygens (including phenoxy) is 2. The van der Waals surface area contributed by atoms with Crippen LogP contribution >= 0.6 is 0 Å². The fourth-order valence-corrected chi connectivity index (χ4v) is 4.79. The zero-order valence-electron chi connectivity index (χ0n) is 22.8. The first-order valence-electron chi connectivity index (χ1n) is 13.4. The van der Waals surface area contributed by atoms with Gasteiger partial charge in [-0.25, -0.2) is 0 Å². The van der Waals surface area contributed by atoms with Crippen LogP contribution in [-0.2, 0) is 17.8 Å². The maximum atomic E-state index is 12.8. The molecule has 1 N–H and O–H groups in total. The second kappa shape index (κ2) is 12.5. The molecule has 0 aliphatic carbocycles. The van der Waals surface area contributed by atoms with Gasteiger partial charge in [-0.15, -0.1) is 10.2 Å². The third-order valence-electron chi connectivity index (χ3n) is 7.10. The minimum Gasteiger partial charge on any atom is -0.497 e. The van der Waals surface area contributed by atoms with Crippen molar-refractivity contribution in [1.82, 2.24) is 20.1 Å². The van der Waals surface area contributed by atoms with Crippen molar-refractivity contribution in [2.45, 2.75) is 26.4 Å². The Bertz CT molecular complexity index is 1510. The van der Waals surface area contributed by atoms with Gasteiger partial charge in [0, 0.05) is 50.3 Å². The van der Waals surface area contributed by atoms with Crippen LogP contribution in [-0.4, -0.2) is 59.3 Å². The fourth-order valence-electron chi connectivity index (χ4n) is 4.79. The van der Waals surface area contributed by atoms with E-state index < -0.39 is 0 Å². The monoisotopic (exact) mass is 539 g/mol. The van der Waals surface area contributed by atoms with Gasteiger partial charge in [-0.1, -0.05) is 30.3 Å². The molecule has 0 spiro atoms. The Balaban J connectivity index is 1.12. The maximum Gasteiger partial charge on any atom is 0.273 e. The minimum atomic E-state index is -0.333. The summed E-state index contributed by atoms with van der Waals surface area (Å²) in [7, 11) is 1.63. The molecular formula is C31H33N5O4. The Morgan fingerprint density at radius 3 is 2.42 bits per heavy atom. The molecule has 0 atom stereocenters. The number of aromatic amines is 1. The van der Waals surface area contributed by atoms with Gasteiger partial charge in [0.2, 0.25) is 5.91 Å². The zero-order valence-corrected chi connectivity index (χ0v) is 22.8. The molecule has 1 amide bonds. The molecule has 1 aromatic heterocycles. The molecule has 9 nitrogen and oxygen atoms in total. The second-order valence-corrected chi connectivity index (χ2v) is 9.77. The number of aryl methyl sites for hydroxylation is 2. The number of piperazine rings is 1. The number of anilines is 1. The van der Waals surface area contributed by atoms with E-state index in [1.807, 2.05) is 65.6 Å². The zero-order chi connectivity index (χ0) is 27.9. The molecule has 1 fully saturated rings.